The van der Waals surface area contributed by atoms with Crippen LogP contribution in [0.3, 0.4) is 0 Å². The molecule has 136 valence electrons. The Morgan fingerprint density at radius 1 is 1.08 bits per heavy atom. The Balaban J connectivity index is 1.84. The number of aryl methyl sites for hydroxylation is 1. The highest BCUT2D eigenvalue weighted by Crippen LogP contribution is 2.33. The van der Waals surface area contributed by atoms with Crippen LogP contribution in [0, 0.1) is 12.8 Å². The summed E-state index contributed by atoms with van der Waals surface area (Å²) in [7, 11) is -7.75. The minimum Gasteiger partial charge on any atom is -0.388 e. The van der Waals surface area contributed by atoms with Crippen molar-refractivity contribution < 1.29 is 30.3 Å². The fourth-order valence-electron chi connectivity index (χ4n) is 2.31. The van der Waals surface area contributed by atoms with Gasteiger partial charge in [-0.2, -0.15) is 16.8 Å². The fraction of sp³-hybridized carbons (Fsp3) is 0.600. The molecule has 1 aliphatic rings. The van der Waals surface area contributed by atoms with Crippen LogP contribution in [0.2, 0.25) is 0 Å². The van der Waals surface area contributed by atoms with Gasteiger partial charge in [0, 0.05) is 0 Å². The number of rotatable bonds is 8. The molecule has 0 saturated heterocycles. The lowest BCUT2D eigenvalue weighted by molar-refractivity contribution is 0.0653. The molecule has 0 heterocycles. The van der Waals surface area contributed by atoms with Gasteiger partial charge in [-0.1, -0.05) is 24.6 Å². The van der Waals surface area contributed by atoms with Crippen molar-refractivity contribution in [3.8, 4) is 0 Å². The van der Waals surface area contributed by atoms with Crippen LogP contribution < -0.4 is 0 Å². The predicted molar refractivity (Wildman–Crippen MR) is 87.4 cm³/mol. The van der Waals surface area contributed by atoms with E-state index in [1.54, 1.807) is 12.1 Å². The van der Waals surface area contributed by atoms with E-state index in [0.717, 1.165) is 12.0 Å². The van der Waals surface area contributed by atoms with Gasteiger partial charge in [-0.05, 0) is 37.8 Å². The summed E-state index contributed by atoms with van der Waals surface area (Å²) in [4.78, 5) is -0.0304. The van der Waals surface area contributed by atoms with Gasteiger partial charge in [0.05, 0.1) is 23.4 Å². The smallest absolute Gasteiger partial charge is 0.297 e. The number of aliphatic hydroxyl groups excluding tert-OH is 1. The van der Waals surface area contributed by atoms with Crippen molar-refractivity contribution in [1.29, 1.82) is 0 Å². The molecule has 9 heteroatoms. The van der Waals surface area contributed by atoms with Gasteiger partial charge in [0.2, 0.25) is 0 Å². The van der Waals surface area contributed by atoms with Crippen LogP contribution in [-0.2, 0) is 28.6 Å². The lowest BCUT2D eigenvalue weighted by Crippen LogP contribution is -2.39. The fourth-order valence-corrected chi connectivity index (χ4v) is 4.91. The first-order valence-corrected chi connectivity index (χ1v) is 10.5. The third-order valence-electron chi connectivity index (χ3n) is 4.06. The molecule has 3 atom stereocenters. The van der Waals surface area contributed by atoms with Crippen LogP contribution in [0.1, 0.15) is 25.3 Å². The van der Waals surface area contributed by atoms with Crippen molar-refractivity contribution in [2.75, 3.05) is 13.2 Å². The lowest BCUT2D eigenvalue weighted by Gasteiger charge is -2.32. The highest BCUT2D eigenvalue weighted by atomic mass is 32.2. The van der Waals surface area contributed by atoms with Crippen LogP contribution in [0.4, 0.5) is 0 Å². The Morgan fingerprint density at radius 3 is 2.17 bits per heavy atom. The highest BCUT2D eigenvalue weighted by Gasteiger charge is 2.39. The predicted octanol–water partition coefficient (Wildman–Crippen LogP) is 1.21. The molecule has 2 unspecified atom stereocenters. The summed E-state index contributed by atoms with van der Waals surface area (Å²) >= 11 is 0. The quantitative estimate of drug-likeness (QED) is 0.677. The third kappa shape index (κ3) is 4.76. The molecule has 1 saturated carbocycles. The molecular weight excluding hydrogens is 356 g/mol. The van der Waals surface area contributed by atoms with Gasteiger partial charge in [-0.25, -0.2) is 0 Å². The van der Waals surface area contributed by atoms with Gasteiger partial charge < -0.3 is 5.11 Å². The number of aliphatic hydroxyl groups is 1. The van der Waals surface area contributed by atoms with Gasteiger partial charge in [-0.15, -0.1) is 0 Å². The SMILES string of the molecule is Cc1ccc(S(=O)(=O)OCC(O)COS(=O)(=O)C2CC[C@H]2C)cc1. The first-order chi connectivity index (χ1) is 11.1. The minimum atomic E-state index is -4.01. The lowest BCUT2D eigenvalue weighted by atomic mass is 9.87. The van der Waals surface area contributed by atoms with E-state index in [4.69, 9.17) is 8.37 Å². The summed E-state index contributed by atoms with van der Waals surface area (Å²) in [5, 5.41) is 9.17. The molecule has 0 radical (unpaired) electrons. The minimum absolute atomic E-state index is 0.0304. The first kappa shape index (κ1) is 19.3. The van der Waals surface area contributed by atoms with E-state index in [9.17, 15) is 21.9 Å². The van der Waals surface area contributed by atoms with Crippen LogP contribution in [0.25, 0.3) is 0 Å². The van der Waals surface area contributed by atoms with E-state index in [1.807, 2.05) is 13.8 Å². The van der Waals surface area contributed by atoms with Crippen molar-refractivity contribution in [1.82, 2.24) is 0 Å². The standard InChI is InChI=1S/C15H22O7S2/c1-11-3-6-14(7-4-11)23(17,18)21-9-13(16)10-22-24(19,20)15-8-5-12(15)2/h3-4,6-7,12-13,15-16H,5,8-10H2,1-2H3/t12-,13?,15?/m1/s1. The van der Waals surface area contributed by atoms with E-state index in [2.05, 4.69) is 0 Å². The van der Waals surface area contributed by atoms with Crippen molar-refractivity contribution in [3.05, 3.63) is 29.8 Å². The van der Waals surface area contributed by atoms with E-state index < -0.39 is 44.8 Å². The first-order valence-electron chi connectivity index (χ1n) is 7.64. The molecule has 0 spiro atoms. The van der Waals surface area contributed by atoms with Crippen molar-refractivity contribution in [3.63, 3.8) is 0 Å². The average molecular weight is 378 g/mol. The Hall–Kier alpha value is -1.00. The summed E-state index contributed by atoms with van der Waals surface area (Å²) in [6, 6.07) is 6.05. The molecular formula is C15H22O7S2. The van der Waals surface area contributed by atoms with Crippen molar-refractivity contribution in [2.24, 2.45) is 5.92 Å². The summed E-state index contributed by atoms with van der Waals surface area (Å²) in [5.74, 6) is 0.0327. The Morgan fingerprint density at radius 2 is 1.67 bits per heavy atom. The van der Waals surface area contributed by atoms with E-state index in [-0.39, 0.29) is 10.8 Å². The topological polar surface area (TPSA) is 107 Å². The van der Waals surface area contributed by atoms with Crippen LogP contribution >= 0.6 is 0 Å². The maximum absolute atomic E-state index is 12.0. The zero-order valence-electron chi connectivity index (χ0n) is 13.6. The second kappa shape index (κ2) is 7.49. The molecule has 2 rings (SSSR count). The molecule has 1 aromatic rings. The summed E-state index contributed by atoms with van der Waals surface area (Å²) in [5.41, 5.74) is 0.901. The molecule has 0 aliphatic heterocycles. The van der Waals surface area contributed by atoms with E-state index in [1.165, 1.54) is 12.1 Å². The zero-order chi connectivity index (χ0) is 18.0. The van der Waals surface area contributed by atoms with E-state index in [0.29, 0.717) is 6.42 Å². The highest BCUT2D eigenvalue weighted by molar-refractivity contribution is 7.87. The molecule has 1 N–H and O–H groups in total. The number of hydrogen-bond donors (Lipinski definition) is 1. The second-order valence-corrected chi connectivity index (χ2v) is 9.52. The maximum Gasteiger partial charge on any atom is 0.297 e. The van der Waals surface area contributed by atoms with Gasteiger partial charge in [0.15, 0.2) is 0 Å². The molecule has 24 heavy (non-hydrogen) atoms. The third-order valence-corrected chi connectivity index (χ3v) is 7.26. The van der Waals surface area contributed by atoms with Crippen LogP contribution in [0.15, 0.2) is 29.2 Å². The van der Waals surface area contributed by atoms with Gasteiger partial charge in [0.1, 0.15) is 6.10 Å². The number of hydrogen-bond acceptors (Lipinski definition) is 7. The maximum atomic E-state index is 12.0. The molecule has 0 aromatic heterocycles. The normalized spacial score (nSPS) is 22.8. The molecule has 1 aromatic carbocycles. The molecule has 7 nitrogen and oxygen atoms in total. The average Bonchev–Trinajstić information content (AvgIpc) is 2.49. The van der Waals surface area contributed by atoms with Crippen LogP contribution in [0.5, 0.6) is 0 Å². The van der Waals surface area contributed by atoms with Gasteiger partial charge >= 0.3 is 0 Å². The summed E-state index contributed by atoms with van der Waals surface area (Å²) < 4.78 is 57.3. The Labute approximate surface area is 142 Å². The van der Waals surface area contributed by atoms with Gasteiger partial charge in [0.25, 0.3) is 20.2 Å². The van der Waals surface area contributed by atoms with Crippen molar-refractivity contribution in [2.45, 2.75) is 42.9 Å². The Bertz CT molecular complexity index is 754. The Kier molecular flexibility index (Phi) is 6.03. The van der Waals surface area contributed by atoms with Gasteiger partial charge in [-0.3, -0.25) is 8.37 Å². The number of benzene rings is 1. The summed E-state index contributed by atoms with van der Waals surface area (Å²) in [6.07, 6.45) is 0.00129. The molecule has 0 bridgehead atoms. The molecule has 1 aliphatic carbocycles. The second-order valence-electron chi connectivity index (χ2n) is 6.08. The monoisotopic (exact) mass is 378 g/mol. The van der Waals surface area contributed by atoms with Crippen LogP contribution in [-0.4, -0.2) is 46.5 Å². The molecule has 0 amide bonds. The van der Waals surface area contributed by atoms with Crippen molar-refractivity contribution >= 4 is 20.2 Å². The zero-order valence-corrected chi connectivity index (χ0v) is 15.2. The summed E-state index contributed by atoms with van der Waals surface area (Å²) in [6.45, 7) is 2.53. The largest absolute Gasteiger partial charge is 0.388 e. The molecule has 1 fully saturated rings. The van der Waals surface area contributed by atoms with E-state index >= 15 is 0 Å².